The van der Waals surface area contributed by atoms with Crippen LogP contribution in [-0.4, -0.2) is 18.8 Å². The number of ether oxygens (including phenoxy) is 1. The summed E-state index contributed by atoms with van der Waals surface area (Å²) in [4.78, 5) is 0. The number of rotatable bonds is 3. The van der Waals surface area contributed by atoms with Gasteiger partial charge in [-0.1, -0.05) is 12.1 Å². The molecule has 0 heterocycles. The second kappa shape index (κ2) is 4.28. The van der Waals surface area contributed by atoms with E-state index in [0.717, 1.165) is 16.9 Å². The number of hydrogen-bond acceptors (Lipinski definition) is 2. The van der Waals surface area contributed by atoms with E-state index >= 15 is 0 Å². The van der Waals surface area contributed by atoms with E-state index in [1.807, 2.05) is 25.1 Å². The smallest absolute Gasteiger partial charge is 0.122 e. The maximum absolute atomic E-state index is 8.97. The zero-order valence-electron chi connectivity index (χ0n) is 8.08. The van der Waals surface area contributed by atoms with Crippen molar-refractivity contribution in [3.63, 3.8) is 0 Å². The first-order valence-corrected chi connectivity index (χ1v) is 4.28. The van der Waals surface area contributed by atoms with Gasteiger partial charge in [0.25, 0.3) is 0 Å². The molecule has 1 unspecified atom stereocenters. The first kappa shape index (κ1) is 10.1. The van der Waals surface area contributed by atoms with Crippen LogP contribution >= 0.6 is 0 Å². The fraction of sp³-hybridized carbons (Fsp3) is 0.364. The van der Waals surface area contributed by atoms with Gasteiger partial charge in [-0.3, -0.25) is 0 Å². The predicted molar refractivity (Wildman–Crippen MR) is 52.9 cm³/mol. The number of aliphatic hydroxyl groups excluding tert-OH is 1. The summed E-state index contributed by atoms with van der Waals surface area (Å²) in [5.41, 5.74) is 2.10. The maximum atomic E-state index is 8.97. The monoisotopic (exact) mass is 179 g/mol. The van der Waals surface area contributed by atoms with Crippen molar-refractivity contribution >= 4 is 0 Å². The Morgan fingerprint density at radius 2 is 2.23 bits per heavy atom. The lowest BCUT2D eigenvalue weighted by Crippen LogP contribution is -2.02. The molecular formula is C11H15O2. The normalized spacial score (nSPS) is 12.6. The largest absolute Gasteiger partial charge is 0.496 e. The molecule has 0 aliphatic rings. The van der Waals surface area contributed by atoms with Crippen LogP contribution in [0, 0.1) is 13.8 Å². The molecule has 0 fully saturated rings. The summed E-state index contributed by atoms with van der Waals surface area (Å²) in [6.45, 7) is 5.90. The molecule has 1 aromatic rings. The molecule has 1 rings (SSSR count). The summed E-state index contributed by atoms with van der Waals surface area (Å²) in [6.07, 6.45) is 0. The number of hydrogen-bond donors (Lipinski definition) is 1. The number of benzene rings is 1. The molecule has 0 aromatic heterocycles. The van der Waals surface area contributed by atoms with Gasteiger partial charge in [0.2, 0.25) is 0 Å². The predicted octanol–water partition coefficient (Wildman–Crippen LogP) is 1.91. The van der Waals surface area contributed by atoms with Crippen molar-refractivity contribution in [3.8, 4) is 5.75 Å². The second-order valence-corrected chi connectivity index (χ2v) is 3.05. The van der Waals surface area contributed by atoms with E-state index in [4.69, 9.17) is 9.84 Å². The van der Waals surface area contributed by atoms with Crippen LogP contribution in [0.4, 0.5) is 0 Å². The van der Waals surface area contributed by atoms with Crippen LogP contribution in [0.5, 0.6) is 5.75 Å². The molecule has 0 bridgehead atoms. The Balaban J connectivity index is 3.08. The Labute approximate surface area is 79.2 Å². The molecule has 2 heteroatoms. The third-order valence-corrected chi connectivity index (χ3v) is 2.21. The van der Waals surface area contributed by atoms with E-state index in [1.54, 1.807) is 7.11 Å². The number of methoxy groups -OCH3 is 1. The molecule has 0 amide bonds. The minimum atomic E-state index is -0.0740. The molecule has 13 heavy (non-hydrogen) atoms. The van der Waals surface area contributed by atoms with Crippen molar-refractivity contribution in [2.75, 3.05) is 13.7 Å². The van der Waals surface area contributed by atoms with Crippen LogP contribution in [0.15, 0.2) is 18.2 Å². The van der Waals surface area contributed by atoms with Gasteiger partial charge in [-0.25, -0.2) is 0 Å². The fourth-order valence-corrected chi connectivity index (χ4v) is 1.39. The Morgan fingerprint density at radius 3 is 2.77 bits per heavy atom. The highest BCUT2D eigenvalue weighted by molar-refractivity contribution is 5.41. The van der Waals surface area contributed by atoms with Gasteiger partial charge >= 0.3 is 0 Å². The zero-order chi connectivity index (χ0) is 9.84. The van der Waals surface area contributed by atoms with Crippen LogP contribution in [0.2, 0.25) is 0 Å². The second-order valence-electron chi connectivity index (χ2n) is 3.05. The van der Waals surface area contributed by atoms with Crippen molar-refractivity contribution in [3.05, 3.63) is 36.2 Å². The van der Waals surface area contributed by atoms with Crippen LogP contribution in [0.1, 0.15) is 17.0 Å². The lowest BCUT2D eigenvalue weighted by molar-refractivity contribution is 0.282. The SMILES string of the molecule is [CH2]C(CO)c1cccc(OC)c1C. The molecule has 71 valence electrons. The van der Waals surface area contributed by atoms with Crippen molar-refractivity contribution in [2.24, 2.45) is 0 Å². The molecule has 1 atom stereocenters. The Hall–Kier alpha value is -1.02. The van der Waals surface area contributed by atoms with E-state index in [9.17, 15) is 0 Å². The van der Waals surface area contributed by atoms with Gasteiger partial charge in [0.15, 0.2) is 0 Å². The van der Waals surface area contributed by atoms with Gasteiger partial charge in [0, 0.05) is 12.5 Å². The van der Waals surface area contributed by atoms with Gasteiger partial charge in [-0.2, -0.15) is 0 Å². The average molecular weight is 179 g/mol. The van der Waals surface area contributed by atoms with Crippen molar-refractivity contribution < 1.29 is 9.84 Å². The van der Waals surface area contributed by atoms with Crippen LogP contribution in [0.25, 0.3) is 0 Å². The highest BCUT2D eigenvalue weighted by Crippen LogP contribution is 2.26. The topological polar surface area (TPSA) is 29.5 Å². The molecule has 0 aliphatic heterocycles. The van der Waals surface area contributed by atoms with E-state index in [0.29, 0.717) is 0 Å². The van der Waals surface area contributed by atoms with Gasteiger partial charge in [-0.15, -0.1) is 0 Å². The third-order valence-electron chi connectivity index (χ3n) is 2.21. The van der Waals surface area contributed by atoms with E-state index in [1.165, 1.54) is 0 Å². The van der Waals surface area contributed by atoms with Gasteiger partial charge < -0.3 is 9.84 Å². The minimum absolute atomic E-state index is 0.0635. The standard InChI is InChI=1S/C11H15O2/c1-8(7-12)10-5-4-6-11(13-3)9(10)2/h4-6,8,12H,1,7H2,2-3H3. The van der Waals surface area contributed by atoms with Gasteiger partial charge in [0.05, 0.1) is 7.11 Å². The Morgan fingerprint density at radius 1 is 1.54 bits per heavy atom. The van der Waals surface area contributed by atoms with Crippen molar-refractivity contribution in [2.45, 2.75) is 12.8 Å². The molecule has 1 N–H and O–H groups in total. The molecular weight excluding hydrogens is 164 g/mol. The zero-order valence-corrected chi connectivity index (χ0v) is 8.08. The quantitative estimate of drug-likeness (QED) is 0.768. The lowest BCUT2D eigenvalue weighted by atomic mass is 9.97. The summed E-state index contributed by atoms with van der Waals surface area (Å²) in [5.74, 6) is 0.773. The molecule has 0 spiro atoms. The molecule has 1 radical (unpaired) electrons. The first-order valence-electron chi connectivity index (χ1n) is 4.28. The summed E-state index contributed by atoms with van der Waals surface area (Å²) in [6, 6.07) is 5.78. The molecule has 1 aromatic carbocycles. The lowest BCUT2D eigenvalue weighted by Gasteiger charge is -2.14. The minimum Gasteiger partial charge on any atom is -0.496 e. The fourth-order valence-electron chi connectivity index (χ4n) is 1.39. The summed E-state index contributed by atoms with van der Waals surface area (Å²) in [7, 11) is 1.64. The molecule has 0 aliphatic carbocycles. The highest BCUT2D eigenvalue weighted by Gasteiger charge is 2.09. The summed E-state index contributed by atoms with van der Waals surface area (Å²) in [5, 5.41) is 8.97. The van der Waals surface area contributed by atoms with Crippen LogP contribution in [0.3, 0.4) is 0 Å². The van der Waals surface area contributed by atoms with Crippen LogP contribution in [-0.2, 0) is 0 Å². The van der Waals surface area contributed by atoms with E-state index < -0.39 is 0 Å². The summed E-state index contributed by atoms with van der Waals surface area (Å²) < 4.78 is 5.17. The maximum Gasteiger partial charge on any atom is 0.122 e. The van der Waals surface area contributed by atoms with Gasteiger partial charge in [0.1, 0.15) is 5.75 Å². The van der Waals surface area contributed by atoms with Crippen LogP contribution < -0.4 is 4.74 Å². The molecule has 0 saturated heterocycles. The highest BCUT2D eigenvalue weighted by atomic mass is 16.5. The first-order chi connectivity index (χ1) is 6.20. The van der Waals surface area contributed by atoms with Crippen molar-refractivity contribution in [1.82, 2.24) is 0 Å². The molecule has 0 saturated carbocycles. The summed E-state index contributed by atoms with van der Waals surface area (Å²) >= 11 is 0. The Kier molecular flexibility index (Phi) is 3.32. The molecule has 2 nitrogen and oxygen atoms in total. The third kappa shape index (κ3) is 2.01. The number of aliphatic hydroxyl groups is 1. The van der Waals surface area contributed by atoms with Crippen molar-refractivity contribution in [1.29, 1.82) is 0 Å². The van der Waals surface area contributed by atoms with E-state index in [-0.39, 0.29) is 12.5 Å². The van der Waals surface area contributed by atoms with E-state index in [2.05, 4.69) is 6.92 Å². The average Bonchev–Trinajstić information content (AvgIpc) is 2.17. The van der Waals surface area contributed by atoms with Gasteiger partial charge in [-0.05, 0) is 31.0 Å². The Bertz CT molecular complexity index is 281.